The first-order valence-corrected chi connectivity index (χ1v) is 9.84. The summed E-state index contributed by atoms with van der Waals surface area (Å²) in [5.41, 5.74) is 0.682. The molecule has 1 aliphatic heterocycles. The van der Waals surface area contributed by atoms with Crippen molar-refractivity contribution in [2.24, 2.45) is 5.41 Å². The Hall–Kier alpha value is -0.880. The average Bonchev–Trinajstić information content (AvgIpc) is 3.02. The Morgan fingerprint density at radius 2 is 2.04 bits per heavy atom. The second-order valence-corrected chi connectivity index (χ2v) is 7.87. The van der Waals surface area contributed by atoms with Gasteiger partial charge in [0.1, 0.15) is 0 Å². The third kappa shape index (κ3) is 5.10. The van der Waals surface area contributed by atoms with Gasteiger partial charge >= 0.3 is 0 Å². The van der Waals surface area contributed by atoms with Crippen molar-refractivity contribution in [3.8, 4) is 0 Å². The summed E-state index contributed by atoms with van der Waals surface area (Å²) in [6.07, 6.45) is 4.61. The Bertz CT molecular complexity index is 664. The van der Waals surface area contributed by atoms with Crippen LogP contribution in [-0.2, 0) is 11.2 Å². The molecule has 146 valence electrons. The number of carbonyl (C=O) groups excluding carboxylic acids is 1. The van der Waals surface area contributed by atoms with E-state index in [4.69, 9.17) is 4.98 Å². The maximum atomic E-state index is 13.1. The summed E-state index contributed by atoms with van der Waals surface area (Å²) < 4.78 is 1.20. The van der Waals surface area contributed by atoms with Gasteiger partial charge in [0.2, 0.25) is 5.91 Å². The van der Waals surface area contributed by atoms with Crippen LogP contribution in [0.25, 0.3) is 10.2 Å². The van der Waals surface area contributed by atoms with E-state index >= 15 is 0 Å². The maximum absolute atomic E-state index is 13.1. The van der Waals surface area contributed by atoms with Crippen LogP contribution < -0.4 is 10.6 Å². The van der Waals surface area contributed by atoms with E-state index in [1.54, 1.807) is 11.3 Å². The van der Waals surface area contributed by atoms with Crippen molar-refractivity contribution in [1.29, 1.82) is 0 Å². The summed E-state index contributed by atoms with van der Waals surface area (Å²) in [5.74, 6) is 0.195. The van der Waals surface area contributed by atoms with Crippen LogP contribution in [-0.4, -0.2) is 30.0 Å². The van der Waals surface area contributed by atoms with E-state index in [0.29, 0.717) is 0 Å². The highest BCUT2D eigenvalue weighted by atomic mass is 35.5. The van der Waals surface area contributed by atoms with Gasteiger partial charge in [0.15, 0.2) is 0 Å². The van der Waals surface area contributed by atoms with Gasteiger partial charge in [-0.15, -0.1) is 36.2 Å². The van der Waals surface area contributed by atoms with Gasteiger partial charge in [-0.1, -0.05) is 26.0 Å². The summed E-state index contributed by atoms with van der Waals surface area (Å²) in [5, 5.41) is 7.73. The van der Waals surface area contributed by atoms with Gasteiger partial charge in [-0.2, -0.15) is 0 Å². The molecule has 1 aromatic heterocycles. The number of benzene rings is 1. The Morgan fingerprint density at radius 1 is 1.31 bits per heavy atom. The average molecular weight is 418 g/mol. The zero-order valence-electron chi connectivity index (χ0n) is 15.4. The third-order valence-electron chi connectivity index (χ3n) is 5.30. The first-order valence-electron chi connectivity index (χ1n) is 9.03. The number of nitrogens with zero attached hydrogens (tertiary/aromatic N) is 1. The molecule has 0 bridgehead atoms. The fourth-order valence-corrected chi connectivity index (χ4v) is 4.61. The molecular weight excluding hydrogens is 389 g/mol. The normalized spacial score (nSPS) is 17.2. The number of aromatic nitrogens is 1. The molecule has 7 heteroatoms. The number of fused-ring (bicyclic) bond motifs is 1. The predicted octanol–water partition coefficient (Wildman–Crippen LogP) is 4.36. The van der Waals surface area contributed by atoms with Crippen molar-refractivity contribution in [2.45, 2.75) is 52.0 Å². The second kappa shape index (κ2) is 10.5. The number of thiazole rings is 1. The maximum Gasteiger partial charge on any atom is 0.226 e. The molecule has 2 aromatic rings. The summed E-state index contributed by atoms with van der Waals surface area (Å²) >= 11 is 1.71. The lowest BCUT2D eigenvalue weighted by molar-refractivity contribution is -0.132. The van der Waals surface area contributed by atoms with Gasteiger partial charge < -0.3 is 10.6 Å². The molecule has 1 aliphatic rings. The second-order valence-electron chi connectivity index (χ2n) is 6.76. The molecule has 1 atom stereocenters. The van der Waals surface area contributed by atoms with E-state index in [0.717, 1.165) is 55.7 Å². The van der Waals surface area contributed by atoms with Crippen molar-refractivity contribution in [3.63, 3.8) is 0 Å². The summed E-state index contributed by atoms with van der Waals surface area (Å²) in [6.45, 7) is 6.19. The Kier molecular flexibility index (Phi) is 9.31. The van der Waals surface area contributed by atoms with Gasteiger partial charge in [0.25, 0.3) is 0 Å². The summed E-state index contributed by atoms with van der Waals surface area (Å²) in [7, 11) is 0. The van der Waals surface area contributed by atoms with Gasteiger partial charge in [0.05, 0.1) is 20.6 Å². The molecule has 1 fully saturated rings. The van der Waals surface area contributed by atoms with Gasteiger partial charge in [-0.25, -0.2) is 4.98 Å². The molecule has 0 aliphatic carbocycles. The summed E-state index contributed by atoms with van der Waals surface area (Å²) in [4.78, 5) is 17.8. The van der Waals surface area contributed by atoms with Crippen molar-refractivity contribution in [3.05, 3.63) is 29.3 Å². The van der Waals surface area contributed by atoms with E-state index in [2.05, 4.69) is 30.5 Å². The monoisotopic (exact) mass is 417 g/mol. The van der Waals surface area contributed by atoms with Crippen LogP contribution in [0.5, 0.6) is 0 Å². The number of amides is 1. The first-order chi connectivity index (χ1) is 11.7. The molecular formula is C19H29Cl2N3OS. The van der Waals surface area contributed by atoms with Crippen molar-refractivity contribution < 1.29 is 4.79 Å². The van der Waals surface area contributed by atoms with E-state index < -0.39 is 0 Å². The number of nitrogens with one attached hydrogen (secondary N) is 2. The molecule has 3 rings (SSSR count). The topological polar surface area (TPSA) is 54.0 Å². The van der Waals surface area contributed by atoms with Crippen LogP contribution in [0, 0.1) is 5.41 Å². The van der Waals surface area contributed by atoms with Crippen LogP contribution in [0.4, 0.5) is 0 Å². The highest BCUT2D eigenvalue weighted by Crippen LogP contribution is 2.34. The van der Waals surface area contributed by atoms with Crippen LogP contribution in [0.3, 0.4) is 0 Å². The lowest BCUT2D eigenvalue weighted by atomic mass is 9.78. The van der Waals surface area contributed by atoms with Gasteiger partial charge in [0, 0.05) is 19.0 Å². The van der Waals surface area contributed by atoms with E-state index in [1.807, 2.05) is 18.2 Å². The molecule has 0 radical (unpaired) electrons. The quantitative estimate of drug-likeness (QED) is 0.733. The Morgan fingerprint density at radius 3 is 2.65 bits per heavy atom. The van der Waals surface area contributed by atoms with E-state index in [9.17, 15) is 4.79 Å². The number of piperidine rings is 1. The predicted molar refractivity (Wildman–Crippen MR) is 115 cm³/mol. The molecule has 4 nitrogen and oxygen atoms in total. The van der Waals surface area contributed by atoms with Crippen LogP contribution in [0.2, 0.25) is 0 Å². The van der Waals surface area contributed by atoms with Crippen molar-refractivity contribution in [1.82, 2.24) is 15.6 Å². The third-order valence-corrected chi connectivity index (χ3v) is 6.33. The largest absolute Gasteiger partial charge is 0.352 e. The van der Waals surface area contributed by atoms with E-state index in [-0.39, 0.29) is 42.2 Å². The lowest BCUT2D eigenvalue weighted by Crippen LogP contribution is -2.51. The minimum Gasteiger partial charge on any atom is -0.352 e. The lowest BCUT2D eigenvalue weighted by Gasteiger charge is -2.33. The molecule has 0 spiro atoms. The molecule has 2 heterocycles. The fraction of sp³-hybridized carbons (Fsp3) is 0.579. The van der Waals surface area contributed by atoms with Gasteiger partial charge in [-0.3, -0.25) is 4.79 Å². The van der Waals surface area contributed by atoms with E-state index in [1.165, 1.54) is 4.70 Å². The van der Waals surface area contributed by atoms with Crippen molar-refractivity contribution in [2.75, 3.05) is 13.1 Å². The molecule has 26 heavy (non-hydrogen) atoms. The number of rotatable bonds is 6. The number of hydrogen-bond donors (Lipinski definition) is 2. The molecule has 1 aromatic carbocycles. The highest BCUT2D eigenvalue weighted by molar-refractivity contribution is 7.18. The SMILES string of the molecule is CCC(CC)(Cc1nc2ccccc2s1)C(=O)NC1CCCNC1.Cl.Cl. The Balaban J connectivity index is 0.00000169. The molecule has 1 unspecified atom stereocenters. The first kappa shape index (κ1) is 23.2. The Labute approximate surface area is 172 Å². The standard InChI is InChI=1S/C19H27N3OS.2ClH/c1-3-19(4-2,18(23)21-14-8-7-11-20-13-14)12-17-22-15-9-5-6-10-16(15)24-17;;/h5-6,9-10,14,20H,3-4,7-8,11-13H2,1-2H3,(H,21,23);2*1H. The summed E-state index contributed by atoms with van der Waals surface area (Å²) in [6, 6.07) is 8.47. The van der Waals surface area contributed by atoms with Crippen LogP contribution >= 0.6 is 36.2 Å². The minimum atomic E-state index is -0.356. The highest BCUT2D eigenvalue weighted by Gasteiger charge is 2.37. The molecule has 2 N–H and O–H groups in total. The van der Waals surface area contributed by atoms with Crippen LogP contribution in [0.15, 0.2) is 24.3 Å². The van der Waals surface area contributed by atoms with Gasteiger partial charge in [-0.05, 0) is 44.4 Å². The number of hydrogen-bond acceptors (Lipinski definition) is 4. The number of para-hydroxylation sites is 1. The fourth-order valence-electron chi connectivity index (χ4n) is 3.50. The smallest absolute Gasteiger partial charge is 0.226 e. The van der Waals surface area contributed by atoms with Crippen LogP contribution in [0.1, 0.15) is 44.5 Å². The number of carbonyl (C=O) groups is 1. The molecule has 1 saturated heterocycles. The zero-order chi connectivity index (χ0) is 17.0. The minimum absolute atomic E-state index is 0. The molecule has 0 saturated carbocycles. The zero-order valence-corrected chi connectivity index (χ0v) is 17.9. The van der Waals surface area contributed by atoms with Crippen molar-refractivity contribution >= 4 is 52.3 Å². The number of halogens is 2. The molecule has 1 amide bonds.